The average molecular weight is 350 g/mol. The summed E-state index contributed by atoms with van der Waals surface area (Å²) in [5.41, 5.74) is 0.121. The van der Waals surface area contributed by atoms with Crippen molar-refractivity contribution in [2.75, 3.05) is 6.26 Å². The summed E-state index contributed by atoms with van der Waals surface area (Å²) in [7, 11) is 0. The van der Waals surface area contributed by atoms with E-state index in [9.17, 15) is 14.4 Å². The number of carbonyl (C=O) groups is 3. The molecule has 0 saturated carbocycles. The minimum Gasteiger partial charge on any atom is -0.322 e. The number of rotatable bonds is 3. The van der Waals surface area contributed by atoms with Crippen LogP contribution in [0.2, 0.25) is 5.02 Å². The highest BCUT2D eigenvalue weighted by molar-refractivity contribution is 7.98. The van der Waals surface area contributed by atoms with Gasteiger partial charge >= 0.3 is 5.97 Å². The first-order valence-corrected chi connectivity index (χ1v) is 7.90. The summed E-state index contributed by atoms with van der Waals surface area (Å²) in [5.74, 6) is -2.44. The number of hydrogen-bond acceptors (Lipinski definition) is 7. The molecule has 0 saturated heterocycles. The zero-order valence-corrected chi connectivity index (χ0v) is 13.2. The van der Waals surface area contributed by atoms with Crippen molar-refractivity contribution in [2.24, 2.45) is 0 Å². The molecule has 0 spiro atoms. The number of imide groups is 1. The van der Waals surface area contributed by atoms with Gasteiger partial charge in [-0.05, 0) is 18.4 Å². The molecule has 1 aromatic carbocycles. The molecule has 3 rings (SSSR count). The maximum Gasteiger partial charge on any atom is 0.383 e. The van der Waals surface area contributed by atoms with Crippen molar-refractivity contribution in [3.63, 3.8) is 0 Å². The average Bonchev–Trinajstić information content (AvgIpc) is 2.80. The number of amides is 2. The van der Waals surface area contributed by atoms with Gasteiger partial charge in [0, 0.05) is 0 Å². The number of benzene rings is 1. The molecule has 1 aromatic heterocycles. The lowest BCUT2D eigenvalue weighted by Gasteiger charge is -2.12. The van der Waals surface area contributed by atoms with Crippen LogP contribution >= 0.6 is 23.4 Å². The lowest BCUT2D eigenvalue weighted by molar-refractivity contribution is -0.0589. The number of hydrogen-bond donors (Lipinski definition) is 0. The highest BCUT2D eigenvalue weighted by atomic mass is 35.5. The van der Waals surface area contributed by atoms with Gasteiger partial charge in [0.15, 0.2) is 10.9 Å². The second-order valence-corrected chi connectivity index (χ2v) is 5.56. The second-order valence-electron chi connectivity index (χ2n) is 4.38. The molecule has 23 heavy (non-hydrogen) atoms. The number of fused-ring (bicyclic) bond motifs is 1. The van der Waals surface area contributed by atoms with Gasteiger partial charge in [-0.25, -0.2) is 14.8 Å². The number of halogens is 1. The third-order valence-corrected chi connectivity index (χ3v) is 3.87. The van der Waals surface area contributed by atoms with Crippen LogP contribution in [0.25, 0.3) is 0 Å². The van der Waals surface area contributed by atoms with E-state index >= 15 is 0 Å². The SMILES string of the molecule is CSc1ncc(Cl)c(C(=O)ON2C(=O)c3ccccc3C2=O)n1. The highest BCUT2D eigenvalue weighted by Crippen LogP contribution is 2.24. The predicted octanol–water partition coefficient (Wildman–Crippen LogP) is 2.22. The first-order chi connectivity index (χ1) is 11.0. The van der Waals surface area contributed by atoms with Gasteiger partial charge in [-0.2, -0.15) is 0 Å². The van der Waals surface area contributed by atoms with E-state index in [2.05, 4.69) is 9.97 Å². The minimum atomic E-state index is -1.01. The van der Waals surface area contributed by atoms with Gasteiger partial charge in [-0.1, -0.05) is 40.6 Å². The third-order valence-electron chi connectivity index (χ3n) is 3.03. The fraction of sp³-hybridized carbons (Fsp3) is 0.0714. The predicted molar refractivity (Wildman–Crippen MR) is 81.2 cm³/mol. The summed E-state index contributed by atoms with van der Waals surface area (Å²) in [6, 6.07) is 6.18. The normalized spacial score (nSPS) is 13.2. The van der Waals surface area contributed by atoms with Gasteiger partial charge in [-0.15, -0.1) is 0 Å². The van der Waals surface area contributed by atoms with Crippen molar-refractivity contribution in [3.05, 3.63) is 52.3 Å². The first kappa shape index (κ1) is 15.4. The molecule has 0 unspecified atom stereocenters. The topological polar surface area (TPSA) is 89.5 Å². The third kappa shape index (κ3) is 2.66. The standard InChI is InChI=1S/C14H8ClN3O4S/c1-23-14-16-6-9(15)10(17-14)13(21)22-18-11(19)7-4-2-3-5-8(7)12(18)20/h2-6H,1H3. The Labute approximate surface area is 139 Å². The van der Waals surface area contributed by atoms with Gasteiger partial charge < -0.3 is 4.84 Å². The Balaban J connectivity index is 1.88. The first-order valence-electron chi connectivity index (χ1n) is 6.29. The van der Waals surface area contributed by atoms with E-state index in [1.807, 2.05) is 0 Å². The van der Waals surface area contributed by atoms with Crippen molar-refractivity contribution in [1.82, 2.24) is 15.0 Å². The summed E-state index contributed by atoms with van der Waals surface area (Å²) in [6.07, 6.45) is 2.97. The largest absolute Gasteiger partial charge is 0.383 e. The van der Waals surface area contributed by atoms with E-state index < -0.39 is 17.8 Å². The molecule has 1 aliphatic rings. The number of carbonyl (C=O) groups excluding carboxylic acids is 3. The van der Waals surface area contributed by atoms with Crippen LogP contribution in [0.15, 0.2) is 35.6 Å². The van der Waals surface area contributed by atoms with E-state index in [1.54, 1.807) is 18.4 Å². The summed E-state index contributed by atoms with van der Waals surface area (Å²) < 4.78 is 0. The molecule has 0 fully saturated rings. The zero-order chi connectivity index (χ0) is 16.6. The van der Waals surface area contributed by atoms with Gasteiger partial charge in [0.2, 0.25) is 0 Å². The van der Waals surface area contributed by atoms with Crippen molar-refractivity contribution >= 4 is 41.1 Å². The van der Waals surface area contributed by atoms with Crippen molar-refractivity contribution in [1.29, 1.82) is 0 Å². The van der Waals surface area contributed by atoms with Crippen LogP contribution in [0.5, 0.6) is 0 Å². The maximum absolute atomic E-state index is 12.2. The van der Waals surface area contributed by atoms with Gasteiger partial charge in [-0.3, -0.25) is 9.59 Å². The molecule has 2 aromatic rings. The summed E-state index contributed by atoms with van der Waals surface area (Å²) >= 11 is 7.08. The highest BCUT2D eigenvalue weighted by Gasteiger charge is 2.39. The summed E-state index contributed by atoms with van der Waals surface area (Å²) in [6.45, 7) is 0. The molecule has 1 aliphatic heterocycles. The van der Waals surface area contributed by atoms with Crippen molar-refractivity contribution in [2.45, 2.75) is 5.16 Å². The molecule has 0 atom stereocenters. The van der Waals surface area contributed by atoms with E-state index in [1.165, 1.54) is 30.1 Å². The molecule has 0 radical (unpaired) electrons. The lowest BCUT2D eigenvalue weighted by atomic mass is 10.1. The van der Waals surface area contributed by atoms with Crippen LogP contribution in [0.3, 0.4) is 0 Å². The monoisotopic (exact) mass is 349 g/mol. The van der Waals surface area contributed by atoms with Crippen LogP contribution in [0.4, 0.5) is 0 Å². The fourth-order valence-corrected chi connectivity index (χ4v) is 2.48. The summed E-state index contributed by atoms with van der Waals surface area (Å²) in [4.78, 5) is 49.2. The smallest absolute Gasteiger partial charge is 0.322 e. The quantitative estimate of drug-likeness (QED) is 0.476. The number of hydroxylamine groups is 2. The van der Waals surface area contributed by atoms with Crippen LogP contribution in [-0.4, -0.2) is 39.1 Å². The zero-order valence-electron chi connectivity index (χ0n) is 11.6. The van der Waals surface area contributed by atoms with Crippen LogP contribution in [0.1, 0.15) is 31.2 Å². The molecule has 2 heterocycles. The van der Waals surface area contributed by atoms with E-state index in [4.69, 9.17) is 16.4 Å². The van der Waals surface area contributed by atoms with Crippen LogP contribution in [0, 0.1) is 0 Å². The summed E-state index contributed by atoms with van der Waals surface area (Å²) in [5, 5.41) is 0.678. The Kier molecular flexibility index (Phi) is 4.01. The number of aromatic nitrogens is 2. The molecule has 2 amide bonds. The molecular weight excluding hydrogens is 342 g/mol. The van der Waals surface area contributed by atoms with E-state index in [0.717, 1.165) is 0 Å². The van der Waals surface area contributed by atoms with Crippen LogP contribution in [-0.2, 0) is 4.84 Å². The Morgan fingerprint density at radius 3 is 2.39 bits per heavy atom. The number of thioether (sulfide) groups is 1. The molecular formula is C14H8ClN3O4S. The Bertz CT molecular complexity index is 808. The molecule has 0 N–H and O–H groups in total. The lowest BCUT2D eigenvalue weighted by Crippen LogP contribution is -2.33. The van der Waals surface area contributed by atoms with Crippen LogP contribution < -0.4 is 0 Å². The minimum absolute atomic E-state index is 0.0376. The molecule has 116 valence electrons. The van der Waals surface area contributed by atoms with Gasteiger partial charge in [0.05, 0.1) is 22.3 Å². The molecule has 0 bridgehead atoms. The fourth-order valence-electron chi connectivity index (χ4n) is 1.97. The Morgan fingerprint density at radius 1 is 1.22 bits per heavy atom. The Morgan fingerprint density at radius 2 is 1.83 bits per heavy atom. The molecule has 9 heteroatoms. The van der Waals surface area contributed by atoms with Crippen molar-refractivity contribution < 1.29 is 19.2 Å². The molecule has 7 nitrogen and oxygen atoms in total. The van der Waals surface area contributed by atoms with Gasteiger partial charge in [0.1, 0.15) is 0 Å². The van der Waals surface area contributed by atoms with E-state index in [0.29, 0.717) is 10.2 Å². The van der Waals surface area contributed by atoms with E-state index in [-0.39, 0.29) is 21.8 Å². The molecule has 0 aliphatic carbocycles. The number of nitrogens with zero attached hydrogens (tertiary/aromatic N) is 3. The van der Waals surface area contributed by atoms with Crippen molar-refractivity contribution in [3.8, 4) is 0 Å². The second kappa shape index (κ2) is 5.98. The van der Waals surface area contributed by atoms with Gasteiger partial charge in [0.25, 0.3) is 11.8 Å². The Hall–Kier alpha value is -2.45. The maximum atomic E-state index is 12.2.